The number of hydrogen-bond acceptors (Lipinski definition) is 5. The molecular weight excluding hydrogens is 333 g/mol. The van der Waals surface area contributed by atoms with E-state index in [2.05, 4.69) is 27.2 Å². The summed E-state index contributed by atoms with van der Waals surface area (Å²) in [6.07, 6.45) is 7.06. The molecule has 3 heterocycles. The maximum absolute atomic E-state index is 13.2. The van der Waals surface area contributed by atoms with Crippen molar-refractivity contribution in [2.24, 2.45) is 5.92 Å². The summed E-state index contributed by atoms with van der Waals surface area (Å²) in [5.74, 6) is 0.785. The van der Waals surface area contributed by atoms with Gasteiger partial charge in [-0.25, -0.2) is 4.39 Å². The molecule has 26 heavy (non-hydrogen) atoms. The van der Waals surface area contributed by atoms with Crippen LogP contribution in [0.15, 0.2) is 47.2 Å². The Bertz CT molecular complexity index is 845. The number of aromatic nitrogens is 2. The lowest BCUT2D eigenvalue weighted by Gasteiger charge is -2.31. The largest absolute Gasteiger partial charge is 0.475 e. The Labute approximate surface area is 151 Å². The molecule has 0 atom stereocenters. The third kappa shape index (κ3) is 4.02. The van der Waals surface area contributed by atoms with Crippen LogP contribution in [0.1, 0.15) is 24.8 Å². The molecule has 0 radical (unpaired) electrons. The van der Waals surface area contributed by atoms with Crippen molar-refractivity contribution >= 4 is 11.0 Å². The number of fused-ring (bicyclic) bond motifs is 1. The van der Waals surface area contributed by atoms with Crippen molar-refractivity contribution in [3.05, 3.63) is 54.1 Å². The van der Waals surface area contributed by atoms with Gasteiger partial charge in [-0.05, 0) is 73.3 Å². The lowest BCUT2D eigenvalue weighted by atomic mass is 9.94. The van der Waals surface area contributed by atoms with Crippen LogP contribution in [-0.4, -0.2) is 34.7 Å². The van der Waals surface area contributed by atoms with Crippen LogP contribution in [0.5, 0.6) is 5.88 Å². The molecular formula is C20H22FN3O2. The van der Waals surface area contributed by atoms with Crippen LogP contribution >= 0.6 is 0 Å². The van der Waals surface area contributed by atoms with E-state index in [-0.39, 0.29) is 5.82 Å². The van der Waals surface area contributed by atoms with E-state index in [1.54, 1.807) is 6.07 Å². The van der Waals surface area contributed by atoms with Crippen LogP contribution in [0, 0.1) is 11.7 Å². The van der Waals surface area contributed by atoms with Crippen molar-refractivity contribution in [1.82, 2.24) is 15.0 Å². The van der Waals surface area contributed by atoms with Crippen molar-refractivity contribution in [3.63, 3.8) is 0 Å². The maximum Gasteiger partial charge on any atom is 0.262 e. The second-order valence-electron chi connectivity index (χ2n) is 6.84. The van der Waals surface area contributed by atoms with Gasteiger partial charge in [-0.2, -0.15) is 0 Å². The molecule has 0 spiro atoms. The zero-order chi connectivity index (χ0) is 17.8. The molecule has 0 bridgehead atoms. The van der Waals surface area contributed by atoms with E-state index in [4.69, 9.17) is 9.26 Å². The van der Waals surface area contributed by atoms with E-state index in [1.807, 2.05) is 12.4 Å². The van der Waals surface area contributed by atoms with E-state index in [0.717, 1.165) is 31.4 Å². The van der Waals surface area contributed by atoms with Crippen LogP contribution in [0.2, 0.25) is 0 Å². The second kappa shape index (κ2) is 7.83. The van der Waals surface area contributed by atoms with Gasteiger partial charge < -0.3 is 9.26 Å². The zero-order valence-electron chi connectivity index (χ0n) is 14.6. The summed E-state index contributed by atoms with van der Waals surface area (Å²) in [5.41, 5.74) is 1.74. The normalized spacial score (nSPS) is 16.2. The van der Waals surface area contributed by atoms with Gasteiger partial charge in [0, 0.05) is 25.0 Å². The lowest BCUT2D eigenvalue weighted by molar-refractivity contribution is 0.155. The molecule has 4 rings (SSSR count). The average molecular weight is 355 g/mol. The van der Waals surface area contributed by atoms with Crippen molar-refractivity contribution in [3.8, 4) is 5.88 Å². The number of pyridine rings is 1. The van der Waals surface area contributed by atoms with Gasteiger partial charge in [-0.15, -0.1) is 0 Å². The summed E-state index contributed by atoms with van der Waals surface area (Å²) in [6.45, 7) is 3.82. The fourth-order valence-corrected chi connectivity index (χ4v) is 3.49. The van der Waals surface area contributed by atoms with Gasteiger partial charge in [-0.3, -0.25) is 9.88 Å². The first-order valence-electron chi connectivity index (χ1n) is 9.07. The van der Waals surface area contributed by atoms with Gasteiger partial charge in [0.1, 0.15) is 5.82 Å². The lowest BCUT2D eigenvalue weighted by Crippen LogP contribution is -2.33. The zero-order valence-corrected chi connectivity index (χ0v) is 14.6. The maximum atomic E-state index is 13.2. The molecule has 0 amide bonds. The van der Waals surface area contributed by atoms with Crippen LogP contribution < -0.4 is 4.74 Å². The van der Waals surface area contributed by atoms with E-state index < -0.39 is 0 Å². The van der Waals surface area contributed by atoms with Gasteiger partial charge in [-0.1, -0.05) is 0 Å². The monoisotopic (exact) mass is 355 g/mol. The molecule has 5 nitrogen and oxygen atoms in total. The Morgan fingerprint density at radius 3 is 2.77 bits per heavy atom. The molecule has 1 saturated heterocycles. The van der Waals surface area contributed by atoms with Crippen LogP contribution in [-0.2, 0) is 6.54 Å². The molecule has 0 unspecified atom stereocenters. The number of rotatable bonds is 6. The summed E-state index contributed by atoms with van der Waals surface area (Å²) >= 11 is 0. The highest BCUT2D eigenvalue weighted by Gasteiger charge is 2.19. The average Bonchev–Trinajstić information content (AvgIpc) is 3.06. The Balaban J connectivity index is 1.22. The number of nitrogens with zero attached hydrogens (tertiary/aromatic N) is 3. The van der Waals surface area contributed by atoms with E-state index in [9.17, 15) is 4.39 Å². The third-order valence-electron chi connectivity index (χ3n) is 5.03. The van der Waals surface area contributed by atoms with Gasteiger partial charge in [0.05, 0.1) is 12.0 Å². The van der Waals surface area contributed by atoms with Crippen LogP contribution in [0.4, 0.5) is 4.39 Å². The number of hydrogen-bond donors (Lipinski definition) is 0. The molecule has 0 saturated carbocycles. The van der Waals surface area contributed by atoms with Crippen molar-refractivity contribution in [2.75, 3.05) is 19.7 Å². The van der Waals surface area contributed by atoms with Crippen LogP contribution in [0.3, 0.4) is 0 Å². The molecule has 3 aromatic rings. The predicted molar refractivity (Wildman–Crippen MR) is 96.3 cm³/mol. The summed E-state index contributed by atoms with van der Waals surface area (Å²) in [5, 5.41) is 4.62. The molecule has 136 valence electrons. The Morgan fingerprint density at radius 1 is 1.15 bits per heavy atom. The highest BCUT2D eigenvalue weighted by molar-refractivity contribution is 5.81. The topological polar surface area (TPSA) is 51.4 Å². The molecule has 1 aromatic carbocycles. The van der Waals surface area contributed by atoms with Crippen molar-refractivity contribution in [1.29, 1.82) is 0 Å². The van der Waals surface area contributed by atoms with Gasteiger partial charge in [0.15, 0.2) is 5.58 Å². The first kappa shape index (κ1) is 17.0. The van der Waals surface area contributed by atoms with E-state index >= 15 is 0 Å². The third-order valence-corrected chi connectivity index (χ3v) is 5.03. The Morgan fingerprint density at radius 2 is 1.96 bits per heavy atom. The minimum Gasteiger partial charge on any atom is -0.475 e. The number of piperidine rings is 1. The van der Waals surface area contributed by atoms with Gasteiger partial charge >= 0.3 is 0 Å². The van der Waals surface area contributed by atoms with Crippen LogP contribution in [0.25, 0.3) is 11.0 Å². The molecule has 0 N–H and O–H groups in total. The summed E-state index contributed by atoms with van der Waals surface area (Å²) in [4.78, 5) is 6.56. The van der Waals surface area contributed by atoms with Gasteiger partial charge in [0.2, 0.25) is 0 Å². The molecule has 1 aliphatic heterocycles. The quantitative estimate of drug-likeness (QED) is 0.668. The molecule has 6 heteroatoms. The minimum atomic E-state index is -0.335. The van der Waals surface area contributed by atoms with Gasteiger partial charge in [0.25, 0.3) is 5.88 Å². The predicted octanol–water partition coefficient (Wildman–Crippen LogP) is 4.04. The summed E-state index contributed by atoms with van der Waals surface area (Å²) < 4.78 is 24.1. The SMILES string of the molecule is Fc1ccc2c(OCCC3CCN(Cc4ccncc4)CC3)noc2c1. The highest BCUT2D eigenvalue weighted by atomic mass is 19.1. The molecule has 1 aliphatic rings. The summed E-state index contributed by atoms with van der Waals surface area (Å²) in [7, 11) is 0. The van der Waals surface area contributed by atoms with Crippen molar-refractivity contribution < 1.29 is 13.7 Å². The van der Waals surface area contributed by atoms with Crippen molar-refractivity contribution in [2.45, 2.75) is 25.8 Å². The van der Waals surface area contributed by atoms with E-state index in [1.165, 1.54) is 30.5 Å². The summed E-state index contributed by atoms with van der Waals surface area (Å²) in [6, 6.07) is 8.52. The highest BCUT2D eigenvalue weighted by Crippen LogP contribution is 2.27. The number of halogens is 1. The minimum absolute atomic E-state index is 0.335. The fraction of sp³-hybridized carbons (Fsp3) is 0.400. The smallest absolute Gasteiger partial charge is 0.262 e. The standard InChI is InChI=1S/C20H22FN3O2/c21-17-1-2-18-19(13-17)26-23-20(18)25-12-7-15-5-10-24(11-6-15)14-16-3-8-22-9-4-16/h1-4,8-9,13,15H,5-7,10-12,14H2. The first-order chi connectivity index (χ1) is 12.8. The first-order valence-corrected chi connectivity index (χ1v) is 9.07. The van der Waals surface area contributed by atoms with E-state index in [0.29, 0.717) is 24.0 Å². The molecule has 1 fully saturated rings. The number of likely N-dealkylation sites (tertiary alicyclic amines) is 1. The number of benzene rings is 1. The Hall–Kier alpha value is -2.47. The number of ether oxygens (including phenoxy) is 1. The fourth-order valence-electron chi connectivity index (χ4n) is 3.49. The second-order valence-corrected chi connectivity index (χ2v) is 6.84. The molecule has 0 aliphatic carbocycles. The molecule has 2 aromatic heterocycles. The Kier molecular flexibility index (Phi) is 5.11.